The van der Waals surface area contributed by atoms with Crippen LogP contribution in [0, 0.1) is 5.92 Å². The summed E-state index contributed by atoms with van der Waals surface area (Å²) in [5.41, 5.74) is 0.0396. The Balaban J connectivity index is 2.61. The van der Waals surface area contributed by atoms with Gasteiger partial charge in [0, 0.05) is 14.2 Å². The standard InChI is InChI=1S/C10H21O3P/c1-9(14(11,12-2)13-3)10-7-5-4-6-8-10/h9-10H,4-8H2,1-3H3/t9-/m0/s1. The van der Waals surface area contributed by atoms with Crippen molar-refractivity contribution in [2.45, 2.75) is 44.7 Å². The van der Waals surface area contributed by atoms with Crippen LogP contribution in [0.5, 0.6) is 0 Å². The second kappa shape index (κ2) is 5.29. The largest absolute Gasteiger partial charge is 0.333 e. The van der Waals surface area contributed by atoms with Crippen LogP contribution in [-0.4, -0.2) is 19.9 Å². The topological polar surface area (TPSA) is 35.5 Å². The van der Waals surface area contributed by atoms with Gasteiger partial charge >= 0.3 is 7.60 Å². The van der Waals surface area contributed by atoms with Gasteiger partial charge in [-0.25, -0.2) is 0 Å². The van der Waals surface area contributed by atoms with Gasteiger partial charge in [0.1, 0.15) is 0 Å². The first-order valence-corrected chi connectivity index (χ1v) is 6.96. The lowest BCUT2D eigenvalue weighted by molar-refractivity contribution is 0.242. The molecule has 1 aliphatic carbocycles. The van der Waals surface area contributed by atoms with Crippen LogP contribution >= 0.6 is 7.60 Å². The van der Waals surface area contributed by atoms with Crippen LogP contribution in [0.25, 0.3) is 0 Å². The number of rotatable bonds is 4. The lowest BCUT2D eigenvalue weighted by Gasteiger charge is -2.31. The molecule has 0 N–H and O–H groups in total. The average molecular weight is 220 g/mol. The minimum atomic E-state index is -2.84. The van der Waals surface area contributed by atoms with Gasteiger partial charge in [-0.2, -0.15) is 0 Å². The molecule has 3 nitrogen and oxygen atoms in total. The van der Waals surface area contributed by atoms with Crippen molar-refractivity contribution in [2.75, 3.05) is 14.2 Å². The van der Waals surface area contributed by atoms with Crippen LogP contribution in [0.4, 0.5) is 0 Å². The Morgan fingerprint density at radius 2 is 1.64 bits per heavy atom. The molecule has 1 fully saturated rings. The van der Waals surface area contributed by atoms with Gasteiger partial charge in [-0.15, -0.1) is 0 Å². The van der Waals surface area contributed by atoms with Crippen molar-refractivity contribution in [2.24, 2.45) is 5.92 Å². The summed E-state index contributed by atoms with van der Waals surface area (Å²) >= 11 is 0. The minimum absolute atomic E-state index is 0.0396. The molecule has 1 atom stereocenters. The molecule has 1 saturated carbocycles. The molecular weight excluding hydrogens is 199 g/mol. The maximum atomic E-state index is 12.1. The van der Waals surface area contributed by atoms with E-state index in [4.69, 9.17) is 9.05 Å². The summed E-state index contributed by atoms with van der Waals surface area (Å²) in [6.45, 7) is 1.99. The minimum Gasteiger partial charge on any atom is -0.312 e. The summed E-state index contributed by atoms with van der Waals surface area (Å²) in [6.07, 6.45) is 6.15. The van der Waals surface area contributed by atoms with Gasteiger partial charge in [-0.05, 0) is 18.8 Å². The highest BCUT2D eigenvalue weighted by molar-refractivity contribution is 7.54. The lowest BCUT2D eigenvalue weighted by Crippen LogP contribution is -2.21. The van der Waals surface area contributed by atoms with Crippen molar-refractivity contribution < 1.29 is 13.6 Å². The van der Waals surface area contributed by atoms with Gasteiger partial charge in [-0.1, -0.05) is 26.2 Å². The van der Waals surface area contributed by atoms with Crippen LogP contribution < -0.4 is 0 Å². The maximum Gasteiger partial charge on any atom is 0.333 e. The van der Waals surface area contributed by atoms with E-state index >= 15 is 0 Å². The van der Waals surface area contributed by atoms with E-state index in [0.29, 0.717) is 5.92 Å². The molecule has 0 aliphatic heterocycles. The van der Waals surface area contributed by atoms with E-state index in [1.807, 2.05) is 6.92 Å². The Morgan fingerprint density at radius 1 is 1.14 bits per heavy atom. The van der Waals surface area contributed by atoms with Crippen LogP contribution in [-0.2, 0) is 13.6 Å². The van der Waals surface area contributed by atoms with Crippen LogP contribution in [0.3, 0.4) is 0 Å². The van der Waals surface area contributed by atoms with Gasteiger partial charge in [-0.3, -0.25) is 4.57 Å². The number of hydrogen-bond acceptors (Lipinski definition) is 3. The molecule has 0 amide bonds. The van der Waals surface area contributed by atoms with E-state index < -0.39 is 7.60 Å². The summed E-state index contributed by atoms with van der Waals surface area (Å²) in [4.78, 5) is 0. The van der Waals surface area contributed by atoms with E-state index in [1.54, 1.807) is 0 Å². The quantitative estimate of drug-likeness (QED) is 0.681. The summed E-state index contributed by atoms with van der Waals surface area (Å²) in [5, 5.41) is 0. The SMILES string of the molecule is COP(=O)(OC)[C@@H](C)C1CCCCC1. The molecule has 1 rings (SSSR count). The third kappa shape index (κ3) is 2.59. The Kier molecular flexibility index (Phi) is 4.62. The molecule has 0 saturated heterocycles. The lowest BCUT2D eigenvalue weighted by atomic mass is 9.87. The Bertz CT molecular complexity index is 203. The first kappa shape index (κ1) is 12.2. The monoisotopic (exact) mass is 220 g/mol. The van der Waals surface area contributed by atoms with Crippen molar-refractivity contribution in [3.05, 3.63) is 0 Å². The summed E-state index contributed by atoms with van der Waals surface area (Å²) < 4.78 is 22.2. The third-order valence-electron chi connectivity index (χ3n) is 3.34. The normalized spacial score (nSPS) is 22.2. The van der Waals surface area contributed by atoms with E-state index in [-0.39, 0.29) is 5.66 Å². The Hall–Kier alpha value is 0.150. The van der Waals surface area contributed by atoms with Crippen molar-refractivity contribution >= 4 is 7.60 Å². The van der Waals surface area contributed by atoms with E-state index in [0.717, 1.165) is 12.8 Å². The van der Waals surface area contributed by atoms with Gasteiger partial charge < -0.3 is 9.05 Å². The first-order chi connectivity index (χ1) is 6.64. The van der Waals surface area contributed by atoms with Gasteiger partial charge in [0.05, 0.1) is 5.66 Å². The summed E-state index contributed by atoms with van der Waals surface area (Å²) in [5.74, 6) is 0.509. The fourth-order valence-electron chi connectivity index (χ4n) is 2.28. The highest BCUT2D eigenvalue weighted by atomic mass is 31.2. The Labute approximate surface area is 86.7 Å². The predicted octanol–water partition coefficient (Wildman–Crippen LogP) is 3.44. The van der Waals surface area contributed by atoms with Crippen LogP contribution in [0.1, 0.15) is 39.0 Å². The molecule has 0 aromatic carbocycles. The van der Waals surface area contributed by atoms with Crippen molar-refractivity contribution in [1.29, 1.82) is 0 Å². The van der Waals surface area contributed by atoms with Crippen LogP contribution in [0.15, 0.2) is 0 Å². The molecule has 4 heteroatoms. The van der Waals surface area contributed by atoms with Crippen LogP contribution in [0.2, 0.25) is 0 Å². The predicted molar refractivity (Wildman–Crippen MR) is 57.7 cm³/mol. The zero-order valence-electron chi connectivity index (χ0n) is 9.36. The zero-order valence-corrected chi connectivity index (χ0v) is 10.3. The summed E-state index contributed by atoms with van der Waals surface area (Å²) in [6, 6.07) is 0. The fourth-order valence-corrected chi connectivity index (χ4v) is 3.91. The van der Waals surface area contributed by atoms with Gasteiger partial charge in [0.2, 0.25) is 0 Å². The Morgan fingerprint density at radius 3 is 2.07 bits per heavy atom. The summed E-state index contributed by atoms with van der Waals surface area (Å²) in [7, 11) is 0.111. The molecule has 14 heavy (non-hydrogen) atoms. The molecule has 0 spiro atoms. The second-order valence-electron chi connectivity index (χ2n) is 4.04. The molecule has 0 radical (unpaired) electrons. The molecule has 84 valence electrons. The van der Waals surface area contributed by atoms with Crippen molar-refractivity contribution in [3.63, 3.8) is 0 Å². The molecule has 0 unspecified atom stereocenters. The molecule has 0 aromatic heterocycles. The highest BCUT2D eigenvalue weighted by Gasteiger charge is 2.36. The van der Waals surface area contributed by atoms with Crippen molar-refractivity contribution in [1.82, 2.24) is 0 Å². The van der Waals surface area contributed by atoms with E-state index in [1.165, 1.54) is 33.5 Å². The number of hydrogen-bond donors (Lipinski definition) is 0. The average Bonchev–Trinajstić information content (AvgIpc) is 2.28. The van der Waals surface area contributed by atoms with E-state index in [9.17, 15) is 4.57 Å². The van der Waals surface area contributed by atoms with E-state index in [2.05, 4.69) is 0 Å². The zero-order chi connectivity index (χ0) is 10.6. The molecule has 0 aromatic rings. The highest BCUT2D eigenvalue weighted by Crippen LogP contribution is 2.55. The molecular formula is C10H21O3P. The molecule has 0 bridgehead atoms. The fraction of sp³-hybridized carbons (Fsp3) is 1.00. The van der Waals surface area contributed by atoms with Gasteiger partial charge in [0.15, 0.2) is 0 Å². The second-order valence-corrected chi connectivity index (χ2v) is 6.67. The smallest absolute Gasteiger partial charge is 0.312 e. The maximum absolute atomic E-state index is 12.1. The van der Waals surface area contributed by atoms with Crippen molar-refractivity contribution in [3.8, 4) is 0 Å². The van der Waals surface area contributed by atoms with Gasteiger partial charge in [0.25, 0.3) is 0 Å². The molecule has 0 heterocycles. The molecule has 1 aliphatic rings. The third-order valence-corrected chi connectivity index (χ3v) is 5.78. The first-order valence-electron chi connectivity index (χ1n) is 5.35.